The summed E-state index contributed by atoms with van der Waals surface area (Å²) in [6.07, 6.45) is 5.17. The maximum absolute atomic E-state index is 12.3. The Balaban J connectivity index is 1.98. The van der Waals surface area contributed by atoms with Crippen molar-refractivity contribution >= 4 is 5.91 Å². The summed E-state index contributed by atoms with van der Waals surface area (Å²) in [6, 6.07) is 12.3. The van der Waals surface area contributed by atoms with Crippen LogP contribution in [0.25, 0.3) is 0 Å². The summed E-state index contributed by atoms with van der Waals surface area (Å²) in [5.41, 5.74) is 2.29. The van der Waals surface area contributed by atoms with Gasteiger partial charge in [0.2, 0.25) is 5.91 Å². The zero-order valence-corrected chi connectivity index (χ0v) is 13.2. The molecule has 4 heteroatoms. The Morgan fingerprint density at radius 1 is 1.23 bits per heavy atom. The number of carbonyl (C=O) groups excluding carboxylic acids is 1. The minimum Gasteiger partial charge on any atom is -0.472 e. The summed E-state index contributed by atoms with van der Waals surface area (Å²) in [4.78, 5) is 14.2. The van der Waals surface area contributed by atoms with Gasteiger partial charge < -0.3 is 14.1 Å². The number of rotatable bonds is 8. The molecule has 0 unspecified atom stereocenters. The lowest BCUT2D eigenvalue weighted by atomic mass is 10.0. The lowest BCUT2D eigenvalue weighted by Gasteiger charge is -2.29. The monoisotopic (exact) mass is 301 g/mol. The molecule has 0 radical (unpaired) electrons. The number of nitrogens with zero attached hydrogens (tertiary/aromatic N) is 1. The molecule has 118 valence electrons. The van der Waals surface area contributed by atoms with Crippen molar-refractivity contribution in [3.05, 3.63) is 60.1 Å². The number of methoxy groups -OCH3 is 1. The van der Waals surface area contributed by atoms with Crippen LogP contribution in [0.15, 0.2) is 53.3 Å². The normalized spacial score (nSPS) is 12.1. The third kappa shape index (κ3) is 4.74. The lowest BCUT2D eigenvalue weighted by molar-refractivity contribution is -0.138. The molecule has 0 fully saturated rings. The van der Waals surface area contributed by atoms with Gasteiger partial charge in [0, 0.05) is 25.3 Å². The van der Waals surface area contributed by atoms with Crippen molar-refractivity contribution in [2.75, 3.05) is 13.7 Å². The second-order valence-electron chi connectivity index (χ2n) is 5.46. The summed E-state index contributed by atoms with van der Waals surface area (Å²) in [5, 5.41) is 0. The van der Waals surface area contributed by atoms with Crippen molar-refractivity contribution in [2.45, 2.75) is 32.4 Å². The van der Waals surface area contributed by atoms with Crippen molar-refractivity contribution < 1.29 is 13.9 Å². The maximum atomic E-state index is 12.3. The highest BCUT2D eigenvalue weighted by Crippen LogP contribution is 2.14. The quantitative estimate of drug-likeness (QED) is 0.751. The molecule has 1 aromatic heterocycles. The SMILES string of the molecule is COCC(=O)N(Cc1ccoc1)[C@H](C)CCc1ccccc1. The third-order valence-electron chi connectivity index (χ3n) is 3.75. The van der Waals surface area contributed by atoms with E-state index in [1.165, 1.54) is 5.56 Å². The van der Waals surface area contributed by atoms with Crippen molar-refractivity contribution in [1.82, 2.24) is 4.90 Å². The Bertz CT molecular complexity index is 551. The number of amides is 1. The molecule has 0 saturated carbocycles. The van der Waals surface area contributed by atoms with Crippen molar-refractivity contribution in [3.63, 3.8) is 0 Å². The van der Waals surface area contributed by atoms with Crippen LogP contribution in [-0.2, 0) is 22.5 Å². The summed E-state index contributed by atoms with van der Waals surface area (Å²) in [7, 11) is 1.54. The zero-order chi connectivity index (χ0) is 15.8. The van der Waals surface area contributed by atoms with Crippen LogP contribution in [0.1, 0.15) is 24.5 Å². The zero-order valence-electron chi connectivity index (χ0n) is 13.2. The summed E-state index contributed by atoms with van der Waals surface area (Å²) < 4.78 is 10.1. The molecule has 0 spiro atoms. The van der Waals surface area contributed by atoms with E-state index >= 15 is 0 Å². The Morgan fingerprint density at radius 3 is 2.64 bits per heavy atom. The number of hydrogen-bond donors (Lipinski definition) is 0. The number of carbonyl (C=O) groups is 1. The molecule has 1 amide bonds. The number of ether oxygens (including phenoxy) is 1. The lowest BCUT2D eigenvalue weighted by Crippen LogP contribution is -2.40. The molecule has 4 nitrogen and oxygen atoms in total. The van der Waals surface area contributed by atoms with E-state index in [9.17, 15) is 4.79 Å². The van der Waals surface area contributed by atoms with E-state index in [0.717, 1.165) is 18.4 Å². The Morgan fingerprint density at radius 2 is 2.00 bits per heavy atom. The van der Waals surface area contributed by atoms with Crippen LogP contribution >= 0.6 is 0 Å². The molecule has 0 aliphatic heterocycles. The van der Waals surface area contributed by atoms with Crippen molar-refractivity contribution in [2.24, 2.45) is 0 Å². The van der Waals surface area contributed by atoms with Crippen LogP contribution in [0, 0.1) is 0 Å². The fraction of sp³-hybridized carbons (Fsp3) is 0.389. The van der Waals surface area contributed by atoms with Gasteiger partial charge in [-0.1, -0.05) is 30.3 Å². The van der Waals surface area contributed by atoms with Crippen LogP contribution in [0.3, 0.4) is 0 Å². The first kappa shape index (κ1) is 16.3. The van der Waals surface area contributed by atoms with Crippen molar-refractivity contribution in [1.29, 1.82) is 0 Å². The molecule has 1 atom stereocenters. The number of benzene rings is 1. The van der Waals surface area contributed by atoms with Gasteiger partial charge in [0.1, 0.15) is 6.61 Å². The fourth-order valence-electron chi connectivity index (χ4n) is 2.45. The molecule has 22 heavy (non-hydrogen) atoms. The van der Waals surface area contributed by atoms with Crippen LogP contribution in [-0.4, -0.2) is 30.6 Å². The van der Waals surface area contributed by atoms with E-state index in [1.54, 1.807) is 19.6 Å². The molecule has 0 saturated heterocycles. The van der Waals surface area contributed by atoms with Crippen molar-refractivity contribution in [3.8, 4) is 0 Å². The molecule has 1 heterocycles. The first-order valence-electron chi connectivity index (χ1n) is 7.54. The molecular weight excluding hydrogens is 278 g/mol. The molecule has 0 N–H and O–H groups in total. The molecule has 1 aromatic carbocycles. The van der Waals surface area contributed by atoms with E-state index in [1.807, 2.05) is 29.2 Å². The Kier molecular flexibility index (Phi) is 6.22. The highest BCUT2D eigenvalue weighted by molar-refractivity contribution is 5.77. The van der Waals surface area contributed by atoms with E-state index in [-0.39, 0.29) is 18.6 Å². The van der Waals surface area contributed by atoms with Gasteiger partial charge in [-0.05, 0) is 31.4 Å². The van der Waals surface area contributed by atoms with Gasteiger partial charge in [0.05, 0.1) is 12.5 Å². The van der Waals surface area contributed by atoms with Gasteiger partial charge in [0.25, 0.3) is 0 Å². The van der Waals surface area contributed by atoms with Crippen LogP contribution in [0.5, 0.6) is 0 Å². The molecule has 2 aromatic rings. The first-order chi connectivity index (χ1) is 10.7. The minimum absolute atomic E-state index is 0.00395. The van der Waals surface area contributed by atoms with E-state index in [0.29, 0.717) is 6.54 Å². The highest BCUT2D eigenvalue weighted by atomic mass is 16.5. The highest BCUT2D eigenvalue weighted by Gasteiger charge is 2.20. The molecule has 0 bridgehead atoms. The predicted molar refractivity (Wildman–Crippen MR) is 85.4 cm³/mol. The standard InChI is InChI=1S/C18H23NO3/c1-15(8-9-16-6-4-3-5-7-16)19(18(20)14-21-2)12-17-10-11-22-13-17/h3-7,10-11,13,15H,8-9,12,14H2,1-2H3/t15-/m1/s1. The Hall–Kier alpha value is -2.07. The summed E-state index contributed by atoms with van der Waals surface area (Å²) in [5.74, 6) is 0.00395. The first-order valence-corrected chi connectivity index (χ1v) is 7.54. The Labute approximate surface area is 131 Å². The van der Waals surface area contributed by atoms with Gasteiger partial charge >= 0.3 is 0 Å². The van der Waals surface area contributed by atoms with E-state index in [2.05, 4.69) is 19.1 Å². The third-order valence-corrected chi connectivity index (χ3v) is 3.75. The van der Waals surface area contributed by atoms with Gasteiger partial charge in [-0.25, -0.2) is 0 Å². The maximum Gasteiger partial charge on any atom is 0.249 e. The predicted octanol–water partition coefficient (Wildman–Crippen LogP) is 3.28. The van der Waals surface area contributed by atoms with Crippen LogP contribution < -0.4 is 0 Å². The molecule has 2 rings (SSSR count). The van der Waals surface area contributed by atoms with Gasteiger partial charge in [-0.3, -0.25) is 4.79 Å². The molecular formula is C18H23NO3. The van der Waals surface area contributed by atoms with E-state index in [4.69, 9.17) is 9.15 Å². The second-order valence-corrected chi connectivity index (χ2v) is 5.46. The molecule has 0 aliphatic rings. The largest absolute Gasteiger partial charge is 0.472 e. The molecule has 0 aliphatic carbocycles. The van der Waals surface area contributed by atoms with Crippen LogP contribution in [0.2, 0.25) is 0 Å². The van der Waals surface area contributed by atoms with Crippen LogP contribution in [0.4, 0.5) is 0 Å². The summed E-state index contributed by atoms with van der Waals surface area (Å²) >= 11 is 0. The number of furan rings is 1. The topological polar surface area (TPSA) is 42.7 Å². The second kappa shape index (κ2) is 8.39. The smallest absolute Gasteiger partial charge is 0.249 e. The van der Waals surface area contributed by atoms with Gasteiger partial charge in [-0.15, -0.1) is 0 Å². The fourth-order valence-corrected chi connectivity index (χ4v) is 2.45. The van der Waals surface area contributed by atoms with Gasteiger partial charge in [-0.2, -0.15) is 0 Å². The van der Waals surface area contributed by atoms with Gasteiger partial charge in [0.15, 0.2) is 0 Å². The number of aryl methyl sites for hydroxylation is 1. The minimum atomic E-state index is 0.00395. The average molecular weight is 301 g/mol. The van der Waals surface area contributed by atoms with E-state index < -0.39 is 0 Å². The average Bonchev–Trinajstić information content (AvgIpc) is 3.04. The number of hydrogen-bond acceptors (Lipinski definition) is 3. The summed E-state index contributed by atoms with van der Waals surface area (Å²) in [6.45, 7) is 2.73.